The Morgan fingerprint density at radius 3 is 2.50 bits per heavy atom. The van der Waals surface area contributed by atoms with Crippen LogP contribution < -0.4 is 4.90 Å². The number of carbonyl (C=O) groups excluding carboxylic acids is 1. The van der Waals surface area contributed by atoms with Crippen molar-refractivity contribution in [2.24, 2.45) is 4.99 Å². The maximum absolute atomic E-state index is 13.3. The topological polar surface area (TPSA) is 66.8 Å². The first-order valence-corrected chi connectivity index (χ1v) is 11.8. The predicted octanol–water partition coefficient (Wildman–Crippen LogP) is 4.27. The van der Waals surface area contributed by atoms with Gasteiger partial charge in [0.2, 0.25) is 0 Å². The van der Waals surface area contributed by atoms with E-state index in [0.717, 1.165) is 30.0 Å². The van der Waals surface area contributed by atoms with Crippen LogP contribution in [0.1, 0.15) is 15.9 Å². The maximum Gasteiger partial charge on any atom is 0.416 e. The molecule has 2 saturated heterocycles. The number of amidine groups is 1. The lowest BCUT2D eigenvalue weighted by atomic mass is 10.1. The van der Waals surface area contributed by atoms with Gasteiger partial charge in [-0.2, -0.15) is 18.2 Å². The first-order valence-electron chi connectivity index (χ1n) is 8.76. The zero-order valence-electron chi connectivity index (χ0n) is 15.1. The zero-order chi connectivity index (χ0) is 21.7. The number of hydrogen-bond acceptors (Lipinski definition) is 4. The third kappa shape index (κ3) is 4.08. The number of halogens is 4. The molecular weight excluding hydrogens is 461 g/mol. The molecule has 0 N–H and O–H groups in total. The largest absolute Gasteiger partial charge is 0.416 e. The van der Waals surface area contributed by atoms with Gasteiger partial charge in [-0.05, 0) is 30.3 Å². The smallest absolute Gasteiger partial charge is 0.314 e. The van der Waals surface area contributed by atoms with E-state index in [1.54, 1.807) is 30.3 Å². The quantitative estimate of drug-likeness (QED) is 0.650. The molecule has 0 bridgehead atoms. The molecule has 5 nitrogen and oxygen atoms in total. The summed E-state index contributed by atoms with van der Waals surface area (Å²) >= 11 is 7.27. The molecule has 2 aliphatic heterocycles. The van der Waals surface area contributed by atoms with Crippen molar-refractivity contribution in [1.29, 1.82) is 0 Å². The lowest BCUT2D eigenvalue weighted by Crippen LogP contribution is -2.38. The molecule has 2 aromatic carbocycles. The van der Waals surface area contributed by atoms with E-state index >= 15 is 0 Å². The average Bonchev–Trinajstić information content (AvgIpc) is 3.13. The fraction of sp³-hybridized carbons (Fsp3) is 0.263. The molecule has 158 valence electrons. The molecule has 30 heavy (non-hydrogen) atoms. The number of anilines is 1. The Morgan fingerprint density at radius 1 is 1.13 bits per heavy atom. The van der Waals surface area contributed by atoms with Crippen LogP contribution in [-0.4, -0.2) is 42.3 Å². The lowest BCUT2D eigenvalue weighted by molar-refractivity contribution is -0.137. The number of rotatable bonds is 2. The van der Waals surface area contributed by atoms with E-state index in [-0.39, 0.29) is 27.4 Å². The van der Waals surface area contributed by atoms with E-state index in [4.69, 9.17) is 11.6 Å². The van der Waals surface area contributed by atoms with Crippen molar-refractivity contribution in [3.63, 3.8) is 0 Å². The standard InChI is InChI=1S/C19H14ClF3N2O3S2/c20-13-7-6-12(19(21,22)23)8-14(13)25-15-9-30(27,28)10-16(15)29-18(25)24-17(26)11-4-2-1-3-5-11/h1-8,15-16H,9-10H2/t15-,16+/m0/s1. The first kappa shape index (κ1) is 21.2. The second-order valence-electron chi connectivity index (χ2n) is 6.90. The number of thioether (sulfide) groups is 1. The monoisotopic (exact) mass is 474 g/mol. The summed E-state index contributed by atoms with van der Waals surface area (Å²) in [5.41, 5.74) is -0.640. The van der Waals surface area contributed by atoms with E-state index < -0.39 is 38.8 Å². The Labute approximate surface area is 179 Å². The van der Waals surface area contributed by atoms with E-state index in [2.05, 4.69) is 4.99 Å². The van der Waals surface area contributed by atoms with Crippen LogP contribution >= 0.6 is 23.4 Å². The van der Waals surface area contributed by atoms with Crippen LogP contribution in [0.25, 0.3) is 0 Å². The molecule has 0 unspecified atom stereocenters. The molecule has 0 spiro atoms. The second-order valence-corrected chi connectivity index (χ2v) is 10.7. The minimum absolute atomic E-state index is 0.00779. The second kappa shape index (κ2) is 7.58. The Kier molecular flexibility index (Phi) is 5.36. The number of hydrogen-bond donors (Lipinski definition) is 0. The average molecular weight is 475 g/mol. The number of aliphatic imine (C=N–C) groups is 1. The number of benzene rings is 2. The van der Waals surface area contributed by atoms with Crippen LogP contribution in [0.4, 0.5) is 18.9 Å². The summed E-state index contributed by atoms with van der Waals surface area (Å²) in [6, 6.07) is 10.4. The minimum atomic E-state index is -4.61. The molecule has 0 saturated carbocycles. The number of amides is 1. The fourth-order valence-electron chi connectivity index (χ4n) is 3.45. The summed E-state index contributed by atoms with van der Waals surface area (Å²) in [6.45, 7) is 0. The van der Waals surface area contributed by atoms with Crippen molar-refractivity contribution >= 4 is 50.0 Å². The predicted molar refractivity (Wildman–Crippen MR) is 111 cm³/mol. The molecule has 11 heteroatoms. The highest BCUT2D eigenvalue weighted by atomic mass is 35.5. The summed E-state index contributed by atoms with van der Waals surface area (Å²) < 4.78 is 64.0. The molecule has 2 fully saturated rings. The summed E-state index contributed by atoms with van der Waals surface area (Å²) in [6.07, 6.45) is -4.61. The van der Waals surface area contributed by atoms with Crippen molar-refractivity contribution in [2.75, 3.05) is 16.4 Å². The van der Waals surface area contributed by atoms with Gasteiger partial charge in [0.15, 0.2) is 15.0 Å². The zero-order valence-corrected chi connectivity index (χ0v) is 17.5. The molecule has 4 rings (SSSR count). The SMILES string of the molecule is O=C(N=C1S[C@@H]2CS(=O)(=O)C[C@@H]2N1c1cc(C(F)(F)F)ccc1Cl)c1ccccc1. The van der Waals surface area contributed by atoms with Crippen LogP contribution in [0.2, 0.25) is 5.02 Å². The first-order chi connectivity index (χ1) is 14.0. The van der Waals surface area contributed by atoms with Crippen LogP contribution in [0.15, 0.2) is 53.5 Å². The van der Waals surface area contributed by atoms with Crippen molar-refractivity contribution < 1.29 is 26.4 Å². The summed E-state index contributed by atoms with van der Waals surface area (Å²) in [7, 11) is -3.37. The van der Waals surface area contributed by atoms with Gasteiger partial charge < -0.3 is 4.90 Å². The van der Waals surface area contributed by atoms with Gasteiger partial charge in [0.1, 0.15) is 0 Å². The molecule has 0 aromatic heterocycles. The van der Waals surface area contributed by atoms with Crippen LogP contribution in [-0.2, 0) is 16.0 Å². The Morgan fingerprint density at radius 2 is 1.83 bits per heavy atom. The number of sulfone groups is 1. The normalized spacial score (nSPS) is 24.3. The Hall–Kier alpha value is -2.04. The third-order valence-electron chi connectivity index (χ3n) is 4.82. The highest BCUT2D eigenvalue weighted by Gasteiger charge is 2.50. The highest BCUT2D eigenvalue weighted by molar-refractivity contribution is 8.16. The van der Waals surface area contributed by atoms with Gasteiger partial charge in [0.05, 0.1) is 33.8 Å². The number of carbonyl (C=O) groups is 1. The highest BCUT2D eigenvalue weighted by Crippen LogP contribution is 2.44. The van der Waals surface area contributed by atoms with Gasteiger partial charge >= 0.3 is 6.18 Å². The van der Waals surface area contributed by atoms with Gasteiger partial charge in [-0.1, -0.05) is 41.6 Å². The van der Waals surface area contributed by atoms with Gasteiger partial charge in [0.25, 0.3) is 5.91 Å². The minimum Gasteiger partial charge on any atom is -0.314 e. The molecule has 0 radical (unpaired) electrons. The maximum atomic E-state index is 13.3. The van der Waals surface area contributed by atoms with Crippen LogP contribution in [0.5, 0.6) is 0 Å². The molecule has 2 aromatic rings. The molecule has 1 amide bonds. The van der Waals surface area contributed by atoms with Crippen LogP contribution in [0.3, 0.4) is 0 Å². The fourth-order valence-corrected chi connectivity index (χ4v) is 7.57. The van der Waals surface area contributed by atoms with E-state index in [1.807, 2.05) is 0 Å². The summed E-state index contributed by atoms with van der Waals surface area (Å²) in [5, 5.41) is -0.314. The Bertz CT molecular complexity index is 1140. The number of fused-ring (bicyclic) bond motifs is 1. The van der Waals surface area contributed by atoms with Gasteiger partial charge in [0, 0.05) is 10.8 Å². The molecule has 2 atom stereocenters. The van der Waals surface area contributed by atoms with E-state index in [1.165, 1.54) is 4.90 Å². The molecule has 2 aliphatic rings. The van der Waals surface area contributed by atoms with E-state index in [0.29, 0.717) is 5.56 Å². The third-order valence-corrected chi connectivity index (χ3v) is 8.35. The summed E-state index contributed by atoms with van der Waals surface area (Å²) in [5.74, 6) is -0.974. The van der Waals surface area contributed by atoms with E-state index in [9.17, 15) is 26.4 Å². The Balaban J connectivity index is 1.80. The number of nitrogens with zero attached hydrogens (tertiary/aromatic N) is 2. The molecule has 0 aliphatic carbocycles. The van der Waals surface area contributed by atoms with Crippen molar-refractivity contribution in [3.8, 4) is 0 Å². The van der Waals surface area contributed by atoms with Crippen molar-refractivity contribution in [1.82, 2.24) is 0 Å². The molecular formula is C19H14ClF3N2O3S2. The van der Waals surface area contributed by atoms with Crippen molar-refractivity contribution in [3.05, 3.63) is 64.7 Å². The van der Waals surface area contributed by atoms with Gasteiger partial charge in [-0.15, -0.1) is 0 Å². The molecule has 2 heterocycles. The van der Waals surface area contributed by atoms with Gasteiger partial charge in [-0.3, -0.25) is 4.79 Å². The van der Waals surface area contributed by atoms with Crippen molar-refractivity contribution in [2.45, 2.75) is 17.5 Å². The number of alkyl halides is 3. The van der Waals surface area contributed by atoms with Crippen LogP contribution in [0, 0.1) is 0 Å². The summed E-state index contributed by atoms with van der Waals surface area (Å²) in [4.78, 5) is 18.0. The van der Waals surface area contributed by atoms with Gasteiger partial charge in [-0.25, -0.2) is 8.42 Å². The lowest BCUT2D eigenvalue weighted by Gasteiger charge is -2.26.